The van der Waals surface area contributed by atoms with E-state index in [4.69, 9.17) is 11.5 Å². The molecule has 2 aromatic carbocycles. The van der Waals surface area contributed by atoms with Crippen molar-refractivity contribution in [1.82, 2.24) is 0 Å². The van der Waals surface area contributed by atoms with E-state index in [-0.39, 0.29) is 10.2 Å². The lowest BCUT2D eigenvalue weighted by molar-refractivity contribution is -0.112. The summed E-state index contributed by atoms with van der Waals surface area (Å²) in [4.78, 5) is 25.4. The first-order valence-electron chi connectivity index (χ1n) is 7.16. The fourth-order valence-electron chi connectivity index (χ4n) is 1.87. The van der Waals surface area contributed by atoms with Gasteiger partial charge in [0.15, 0.2) is 10.2 Å². The summed E-state index contributed by atoms with van der Waals surface area (Å²) in [5.74, 6) is 0. The maximum atomic E-state index is 11.9. The van der Waals surface area contributed by atoms with E-state index in [1.807, 2.05) is 36.4 Å². The Labute approximate surface area is 144 Å². The normalized spacial score (nSPS) is 10.4. The van der Waals surface area contributed by atoms with Gasteiger partial charge in [0.05, 0.1) is 0 Å². The van der Waals surface area contributed by atoms with Crippen molar-refractivity contribution in [1.29, 1.82) is 0 Å². The summed E-state index contributed by atoms with van der Waals surface area (Å²) in [5, 5.41) is 0.0276. The van der Waals surface area contributed by atoms with Gasteiger partial charge < -0.3 is 11.5 Å². The summed E-state index contributed by atoms with van der Waals surface area (Å²) in [6.07, 6.45) is 1.21. The second kappa shape index (κ2) is 8.64. The Morgan fingerprint density at radius 3 is 1.52 bits per heavy atom. The van der Waals surface area contributed by atoms with E-state index in [1.165, 1.54) is 0 Å². The standard InChI is InChI=1S/C17H18N2O2S2/c18-12-6-1-3-8-14(12)22-16(20)10-5-11-17(21)23-15-9-4-2-7-13(15)19/h1-4,6-9H,5,10-11,18-19H2. The van der Waals surface area contributed by atoms with E-state index in [0.717, 1.165) is 33.3 Å². The van der Waals surface area contributed by atoms with Crippen LogP contribution in [0.25, 0.3) is 0 Å². The lowest BCUT2D eigenvalue weighted by Crippen LogP contribution is -1.98. The van der Waals surface area contributed by atoms with Gasteiger partial charge in [-0.3, -0.25) is 9.59 Å². The van der Waals surface area contributed by atoms with Crippen molar-refractivity contribution in [3.8, 4) is 0 Å². The van der Waals surface area contributed by atoms with Crippen LogP contribution in [0.5, 0.6) is 0 Å². The molecular formula is C17H18N2O2S2. The Bertz CT molecular complexity index is 645. The first kappa shape index (κ1) is 17.4. The highest BCUT2D eigenvalue weighted by Gasteiger charge is 2.11. The summed E-state index contributed by atoms with van der Waals surface area (Å²) < 4.78 is 0. The molecule has 2 rings (SSSR count). The van der Waals surface area contributed by atoms with Gasteiger partial charge in [0.1, 0.15) is 0 Å². The number of nitrogen functional groups attached to an aromatic ring is 2. The highest BCUT2D eigenvalue weighted by molar-refractivity contribution is 8.14. The molecule has 0 spiro atoms. The van der Waals surface area contributed by atoms with Gasteiger partial charge in [-0.2, -0.15) is 0 Å². The molecular weight excluding hydrogens is 328 g/mol. The first-order chi connectivity index (χ1) is 11.1. The molecule has 120 valence electrons. The van der Waals surface area contributed by atoms with Gasteiger partial charge >= 0.3 is 0 Å². The number of carbonyl (C=O) groups is 2. The quantitative estimate of drug-likeness (QED) is 0.608. The molecule has 0 atom stereocenters. The van der Waals surface area contributed by atoms with Crippen molar-refractivity contribution in [2.75, 3.05) is 11.5 Å². The predicted octanol–water partition coefficient (Wildman–Crippen LogP) is 3.96. The molecule has 4 nitrogen and oxygen atoms in total. The van der Waals surface area contributed by atoms with E-state index in [1.54, 1.807) is 12.1 Å². The van der Waals surface area contributed by atoms with Gasteiger partial charge in [-0.15, -0.1) is 0 Å². The molecule has 0 amide bonds. The molecule has 6 heteroatoms. The van der Waals surface area contributed by atoms with Crippen LogP contribution in [-0.2, 0) is 9.59 Å². The fourth-order valence-corrected chi connectivity index (χ4v) is 3.52. The molecule has 2 aromatic rings. The summed E-state index contributed by atoms with van der Waals surface area (Å²) in [6, 6.07) is 14.5. The maximum absolute atomic E-state index is 11.9. The molecule has 0 aromatic heterocycles. The molecule has 0 saturated heterocycles. The zero-order chi connectivity index (χ0) is 16.7. The average molecular weight is 346 g/mol. The van der Waals surface area contributed by atoms with Gasteiger partial charge in [0, 0.05) is 34.0 Å². The lowest BCUT2D eigenvalue weighted by atomic mass is 10.3. The van der Waals surface area contributed by atoms with Crippen LogP contribution in [0.15, 0.2) is 58.3 Å². The number of anilines is 2. The number of para-hydroxylation sites is 2. The molecule has 0 bridgehead atoms. The number of rotatable bonds is 6. The molecule has 23 heavy (non-hydrogen) atoms. The van der Waals surface area contributed by atoms with Crippen LogP contribution in [-0.4, -0.2) is 10.2 Å². The highest BCUT2D eigenvalue weighted by Crippen LogP contribution is 2.28. The molecule has 0 aliphatic carbocycles. The van der Waals surface area contributed by atoms with Gasteiger partial charge in [0.2, 0.25) is 0 Å². The van der Waals surface area contributed by atoms with Crippen molar-refractivity contribution in [2.24, 2.45) is 0 Å². The van der Waals surface area contributed by atoms with E-state index < -0.39 is 0 Å². The van der Waals surface area contributed by atoms with Gasteiger partial charge in [-0.25, -0.2) is 0 Å². The zero-order valence-electron chi connectivity index (χ0n) is 12.5. The van der Waals surface area contributed by atoms with Gasteiger partial charge in [0.25, 0.3) is 0 Å². The summed E-state index contributed by atoms with van der Waals surface area (Å²) >= 11 is 2.25. The number of benzene rings is 2. The molecule has 0 aliphatic rings. The summed E-state index contributed by atoms with van der Waals surface area (Å²) in [6.45, 7) is 0. The Balaban J connectivity index is 1.74. The van der Waals surface area contributed by atoms with Gasteiger partial charge in [-0.05, 0) is 54.2 Å². The Kier molecular flexibility index (Phi) is 6.55. The van der Waals surface area contributed by atoms with Crippen LogP contribution >= 0.6 is 23.5 Å². The second-order valence-corrected chi connectivity index (χ2v) is 7.08. The fraction of sp³-hybridized carbons (Fsp3) is 0.176. The monoisotopic (exact) mass is 346 g/mol. The minimum absolute atomic E-state index is 0.0138. The van der Waals surface area contributed by atoms with Crippen LogP contribution in [0, 0.1) is 0 Å². The minimum Gasteiger partial charge on any atom is -0.398 e. The van der Waals surface area contributed by atoms with Crippen LogP contribution in [0.1, 0.15) is 19.3 Å². The minimum atomic E-state index is 0.0138. The van der Waals surface area contributed by atoms with E-state index >= 15 is 0 Å². The third-order valence-electron chi connectivity index (χ3n) is 3.05. The number of thioether (sulfide) groups is 2. The van der Waals surface area contributed by atoms with Crippen molar-refractivity contribution >= 4 is 45.1 Å². The maximum Gasteiger partial charge on any atom is 0.193 e. The van der Waals surface area contributed by atoms with Crippen LogP contribution in [0.2, 0.25) is 0 Å². The van der Waals surface area contributed by atoms with E-state index in [2.05, 4.69) is 0 Å². The van der Waals surface area contributed by atoms with Crippen LogP contribution < -0.4 is 11.5 Å². The van der Waals surface area contributed by atoms with Crippen LogP contribution in [0.4, 0.5) is 11.4 Å². The second-order valence-electron chi connectivity index (χ2n) is 4.88. The molecule has 0 aliphatic heterocycles. The molecule has 0 radical (unpaired) electrons. The Morgan fingerprint density at radius 1 is 0.739 bits per heavy atom. The zero-order valence-corrected chi connectivity index (χ0v) is 14.2. The third-order valence-corrected chi connectivity index (χ3v) is 5.09. The number of hydrogen-bond acceptors (Lipinski definition) is 6. The van der Waals surface area contributed by atoms with E-state index in [9.17, 15) is 9.59 Å². The molecule has 0 saturated carbocycles. The van der Waals surface area contributed by atoms with Crippen LogP contribution in [0.3, 0.4) is 0 Å². The lowest BCUT2D eigenvalue weighted by Gasteiger charge is -2.05. The Hall–Kier alpha value is -1.92. The Morgan fingerprint density at radius 2 is 1.13 bits per heavy atom. The smallest absolute Gasteiger partial charge is 0.193 e. The number of hydrogen-bond donors (Lipinski definition) is 2. The first-order valence-corrected chi connectivity index (χ1v) is 8.80. The largest absolute Gasteiger partial charge is 0.398 e. The van der Waals surface area contributed by atoms with Crippen molar-refractivity contribution in [3.05, 3.63) is 48.5 Å². The van der Waals surface area contributed by atoms with E-state index in [0.29, 0.717) is 30.6 Å². The third kappa shape index (κ3) is 5.65. The highest BCUT2D eigenvalue weighted by atomic mass is 32.2. The SMILES string of the molecule is Nc1ccccc1SC(=O)CCCC(=O)Sc1ccccc1N. The molecule has 0 fully saturated rings. The molecule has 4 N–H and O–H groups in total. The number of carbonyl (C=O) groups excluding carboxylic acids is 2. The van der Waals surface area contributed by atoms with Crippen molar-refractivity contribution in [3.63, 3.8) is 0 Å². The van der Waals surface area contributed by atoms with Gasteiger partial charge in [-0.1, -0.05) is 24.3 Å². The average Bonchev–Trinajstić information content (AvgIpc) is 2.52. The summed E-state index contributed by atoms with van der Waals surface area (Å²) in [5.41, 5.74) is 12.8. The summed E-state index contributed by atoms with van der Waals surface area (Å²) in [7, 11) is 0. The molecule has 0 unspecified atom stereocenters. The van der Waals surface area contributed by atoms with Crippen molar-refractivity contribution in [2.45, 2.75) is 29.1 Å². The predicted molar refractivity (Wildman–Crippen MR) is 97.3 cm³/mol. The topological polar surface area (TPSA) is 86.2 Å². The number of nitrogens with two attached hydrogens (primary N) is 2. The van der Waals surface area contributed by atoms with Crippen molar-refractivity contribution < 1.29 is 9.59 Å². The molecule has 0 heterocycles.